The summed E-state index contributed by atoms with van der Waals surface area (Å²) in [5, 5.41) is 3.63. The second kappa shape index (κ2) is 11.3. The van der Waals surface area contributed by atoms with Crippen molar-refractivity contribution in [3.8, 4) is 0 Å². The van der Waals surface area contributed by atoms with E-state index in [4.69, 9.17) is 0 Å². The lowest BCUT2D eigenvalue weighted by Gasteiger charge is -2.14. The smallest absolute Gasteiger partial charge is 0.332 e. The Morgan fingerprint density at radius 2 is 1.83 bits per heavy atom. The molecule has 166 valence electrons. The van der Waals surface area contributed by atoms with Crippen LogP contribution in [0.25, 0.3) is 11.0 Å². The molecule has 1 N–H and O–H groups in total. The van der Waals surface area contributed by atoms with E-state index in [1.54, 1.807) is 4.57 Å². The fourth-order valence-corrected chi connectivity index (χ4v) is 4.07. The maximum atomic E-state index is 12.9. The maximum Gasteiger partial charge on any atom is 0.332 e. The minimum absolute atomic E-state index is 0.0389. The number of hydrogen-bond acceptors (Lipinski definition) is 6. The molecule has 1 amide bonds. The van der Waals surface area contributed by atoms with E-state index in [1.807, 2.05) is 20.8 Å². The first-order chi connectivity index (χ1) is 14.3. The van der Waals surface area contributed by atoms with Gasteiger partial charge >= 0.3 is 5.69 Å². The Kier molecular flexibility index (Phi) is 9.08. The normalized spacial score (nSPS) is 11.4. The van der Waals surface area contributed by atoms with E-state index in [2.05, 4.69) is 22.2 Å². The van der Waals surface area contributed by atoms with Gasteiger partial charge < -0.3 is 5.32 Å². The summed E-state index contributed by atoms with van der Waals surface area (Å²) in [6.45, 7) is 8.39. The summed E-state index contributed by atoms with van der Waals surface area (Å²) in [4.78, 5) is 47.0. The molecule has 0 unspecified atom stereocenters. The zero-order valence-electron chi connectivity index (χ0n) is 18.7. The van der Waals surface area contributed by atoms with Crippen LogP contribution in [0.3, 0.4) is 0 Å². The van der Waals surface area contributed by atoms with Gasteiger partial charge in [-0.3, -0.25) is 18.7 Å². The largest absolute Gasteiger partial charge is 0.353 e. The predicted octanol–water partition coefficient (Wildman–Crippen LogP) is 2.64. The molecule has 0 aliphatic rings. The molecule has 0 aliphatic carbocycles. The van der Waals surface area contributed by atoms with Gasteiger partial charge in [0.1, 0.15) is 16.2 Å². The molecule has 2 rings (SSSR count). The Balaban J connectivity index is 2.55. The van der Waals surface area contributed by atoms with Gasteiger partial charge in [0.15, 0.2) is 5.65 Å². The first kappa shape index (κ1) is 24.1. The van der Waals surface area contributed by atoms with Crippen LogP contribution in [0.2, 0.25) is 0 Å². The van der Waals surface area contributed by atoms with Crippen LogP contribution in [0.15, 0.2) is 14.6 Å². The van der Waals surface area contributed by atoms with E-state index in [-0.39, 0.29) is 23.4 Å². The van der Waals surface area contributed by atoms with Crippen LogP contribution >= 0.6 is 11.8 Å². The van der Waals surface area contributed by atoms with E-state index in [1.165, 1.54) is 18.8 Å². The van der Waals surface area contributed by atoms with Crippen molar-refractivity contribution < 1.29 is 4.79 Å². The number of fused-ring (bicyclic) bond motifs is 1. The van der Waals surface area contributed by atoms with Gasteiger partial charge in [-0.25, -0.2) is 14.8 Å². The third-order valence-electron chi connectivity index (χ3n) is 4.69. The zero-order valence-corrected chi connectivity index (χ0v) is 19.5. The van der Waals surface area contributed by atoms with Crippen molar-refractivity contribution in [3.05, 3.63) is 26.7 Å². The van der Waals surface area contributed by atoms with Gasteiger partial charge in [-0.2, -0.15) is 0 Å². The van der Waals surface area contributed by atoms with Crippen molar-refractivity contribution in [2.45, 2.75) is 83.8 Å². The van der Waals surface area contributed by atoms with Gasteiger partial charge in [-0.1, -0.05) is 44.9 Å². The number of nitrogens with zero attached hydrogens (tertiary/aromatic N) is 4. The highest BCUT2D eigenvalue weighted by Crippen LogP contribution is 2.23. The second-order valence-electron chi connectivity index (χ2n) is 7.76. The molecule has 0 saturated heterocycles. The van der Waals surface area contributed by atoms with Crippen LogP contribution in [0.1, 0.15) is 65.6 Å². The molecule has 2 heterocycles. The molecule has 0 spiro atoms. The van der Waals surface area contributed by atoms with Crippen molar-refractivity contribution in [1.82, 2.24) is 24.4 Å². The standard InChI is InChI=1S/C21H33N5O3S/c1-6-8-9-10-11-15-23-18-17(19(24-15)30-13-16(27)22-14(3)4)20(28)25(5)21(29)26(18)12-7-2/h14H,6-13H2,1-5H3,(H,22,27). The van der Waals surface area contributed by atoms with Crippen LogP contribution in [0, 0.1) is 0 Å². The predicted molar refractivity (Wildman–Crippen MR) is 121 cm³/mol. The minimum Gasteiger partial charge on any atom is -0.353 e. The molecule has 0 aromatic carbocycles. The van der Waals surface area contributed by atoms with Crippen molar-refractivity contribution in [3.63, 3.8) is 0 Å². The van der Waals surface area contributed by atoms with Gasteiger partial charge in [-0.05, 0) is 26.7 Å². The second-order valence-corrected chi connectivity index (χ2v) is 8.73. The molecule has 2 aromatic heterocycles. The van der Waals surface area contributed by atoms with E-state index < -0.39 is 5.56 Å². The highest BCUT2D eigenvalue weighted by atomic mass is 32.2. The molecule has 0 saturated carbocycles. The lowest BCUT2D eigenvalue weighted by atomic mass is 10.1. The van der Waals surface area contributed by atoms with Crippen molar-refractivity contribution >= 4 is 28.7 Å². The molecule has 0 fully saturated rings. The molecule has 30 heavy (non-hydrogen) atoms. The Bertz CT molecular complexity index is 997. The van der Waals surface area contributed by atoms with Gasteiger partial charge in [0.2, 0.25) is 5.91 Å². The lowest BCUT2D eigenvalue weighted by molar-refractivity contribution is -0.119. The van der Waals surface area contributed by atoms with Crippen LogP contribution in [0.4, 0.5) is 0 Å². The van der Waals surface area contributed by atoms with Gasteiger partial charge in [-0.15, -0.1) is 0 Å². The molecule has 9 heteroatoms. The molecule has 0 bridgehead atoms. The number of unbranched alkanes of at least 4 members (excludes halogenated alkanes) is 3. The summed E-state index contributed by atoms with van der Waals surface area (Å²) >= 11 is 1.22. The number of carbonyl (C=O) groups excluding carboxylic acids is 1. The number of nitrogens with one attached hydrogen (secondary N) is 1. The summed E-state index contributed by atoms with van der Waals surface area (Å²) in [6.07, 6.45) is 5.72. The Labute approximate surface area is 181 Å². The molecule has 0 radical (unpaired) electrons. The first-order valence-electron chi connectivity index (χ1n) is 10.7. The quantitative estimate of drug-likeness (QED) is 0.331. The number of aryl methyl sites for hydroxylation is 2. The van der Waals surface area contributed by atoms with E-state index in [9.17, 15) is 14.4 Å². The number of thioether (sulfide) groups is 1. The van der Waals surface area contributed by atoms with Crippen LogP contribution in [0.5, 0.6) is 0 Å². The molecular weight excluding hydrogens is 402 g/mol. The Morgan fingerprint density at radius 3 is 2.47 bits per heavy atom. The minimum atomic E-state index is -0.424. The average Bonchev–Trinajstić information content (AvgIpc) is 2.70. The van der Waals surface area contributed by atoms with Crippen molar-refractivity contribution in [2.24, 2.45) is 7.05 Å². The summed E-state index contributed by atoms with van der Waals surface area (Å²) in [5.74, 6) is 0.642. The SMILES string of the molecule is CCCCCCc1nc(SCC(=O)NC(C)C)c2c(=O)n(C)c(=O)n(CCC)c2n1. The Morgan fingerprint density at radius 1 is 1.10 bits per heavy atom. The van der Waals surface area contributed by atoms with Gasteiger partial charge in [0.25, 0.3) is 5.56 Å². The third kappa shape index (κ3) is 5.93. The number of amides is 1. The summed E-state index contributed by atoms with van der Waals surface area (Å²) in [7, 11) is 1.47. The van der Waals surface area contributed by atoms with Crippen molar-refractivity contribution in [1.29, 1.82) is 0 Å². The van der Waals surface area contributed by atoms with Crippen LogP contribution in [-0.2, 0) is 24.8 Å². The third-order valence-corrected chi connectivity index (χ3v) is 5.66. The number of aromatic nitrogens is 4. The number of rotatable bonds is 11. The first-order valence-corrected chi connectivity index (χ1v) is 11.7. The van der Waals surface area contributed by atoms with Gasteiger partial charge in [0.05, 0.1) is 5.75 Å². The van der Waals surface area contributed by atoms with E-state index in [0.29, 0.717) is 34.8 Å². The van der Waals surface area contributed by atoms with Crippen LogP contribution in [-0.4, -0.2) is 36.8 Å². The highest BCUT2D eigenvalue weighted by molar-refractivity contribution is 8.00. The van der Waals surface area contributed by atoms with Crippen LogP contribution < -0.4 is 16.6 Å². The molecule has 0 aliphatic heterocycles. The lowest BCUT2D eigenvalue weighted by Crippen LogP contribution is -2.39. The number of hydrogen-bond donors (Lipinski definition) is 1. The molecular formula is C21H33N5O3S. The maximum absolute atomic E-state index is 12.9. The molecule has 8 nitrogen and oxygen atoms in total. The van der Waals surface area contributed by atoms with E-state index in [0.717, 1.165) is 36.7 Å². The Hall–Kier alpha value is -2.16. The summed E-state index contributed by atoms with van der Waals surface area (Å²) in [5.41, 5.74) is -0.428. The monoisotopic (exact) mass is 435 g/mol. The topological polar surface area (TPSA) is 98.9 Å². The fraction of sp³-hybridized carbons (Fsp3) is 0.667. The summed E-state index contributed by atoms with van der Waals surface area (Å²) < 4.78 is 2.65. The van der Waals surface area contributed by atoms with Gasteiger partial charge in [0, 0.05) is 26.1 Å². The van der Waals surface area contributed by atoms with Crippen molar-refractivity contribution in [2.75, 3.05) is 5.75 Å². The van der Waals surface area contributed by atoms with E-state index >= 15 is 0 Å². The summed E-state index contributed by atoms with van der Waals surface area (Å²) in [6, 6.07) is 0.0389. The highest BCUT2D eigenvalue weighted by Gasteiger charge is 2.19. The molecule has 2 aromatic rings. The fourth-order valence-electron chi connectivity index (χ4n) is 3.23. The number of carbonyl (C=O) groups is 1. The molecule has 0 atom stereocenters. The zero-order chi connectivity index (χ0) is 22.3. The average molecular weight is 436 g/mol.